The minimum atomic E-state index is 0.322. The highest BCUT2D eigenvalue weighted by Crippen LogP contribution is 2.07. The van der Waals surface area contributed by atoms with Gasteiger partial charge in [0.2, 0.25) is 6.41 Å². The van der Waals surface area contributed by atoms with Crippen molar-refractivity contribution >= 4 is 6.41 Å². The Morgan fingerprint density at radius 3 is 3.00 bits per heavy atom. The van der Waals surface area contributed by atoms with E-state index >= 15 is 0 Å². The second-order valence-corrected chi connectivity index (χ2v) is 2.29. The van der Waals surface area contributed by atoms with E-state index in [1.54, 1.807) is 11.9 Å². The van der Waals surface area contributed by atoms with E-state index in [0.717, 1.165) is 19.4 Å². The molecule has 1 atom stereocenters. The number of rotatable bonds is 2. The van der Waals surface area contributed by atoms with Crippen LogP contribution >= 0.6 is 0 Å². The van der Waals surface area contributed by atoms with E-state index in [-0.39, 0.29) is 0 Å². The Bertz CT molecular complexity index is 99.2. The number of carbonyl (C=O) groups excluding carboxylic acids is 1. The fraction of sp³-hybridized carbons (Fsp3) is 0.833. The summed E-state index contributed by atoms with van der Waals surface area (Å²) in [5.41, 5.74) is 0. The van der Waals surface area contributed by atoms with Crippen LogP contribution in [0.5, 0.6) is 0 Å². The molecule has 0 N–H and O–H groups in total. The Morgan fingerprint density at radius 2 is 2.56 bits per heavy atom. The van der Waals surface area contributed by atoms with Crippen LogP contribution in [0.15, 0.2) is 0 Å². The van der Waals surface area contributed by atoms with E-state index in [9.17, 15) is 4.79 Å². The highest BCUT2D eigenvalue weighted by Gasteiger charge is 2.18. The van der Waals surface area contributed by atoms with Crippen LogP contribution in [0, 0.1) is 0 Å². The highest BCUT2D eigenvalue weighted by molar-refractivity contribution is 5.47. The Hall–Kier alpha value is -0.570. The van der Waals surface area contributed by atoms with Crippen molar-refractivity contribution in [2.45, 2.75) is 12.5 Å². The lowest BCUT2D eigenvalue weighted by Gasteiger charge is -2.16. The molecule has 9 heavy (non-hydrogen) atoms. The molecule has 0 aromatic carbocycles. The fourth-order valence-electron chi connectivity index (χ4n) is 0.929. The minimum Gasteiger partial charge on any atom is -0.379 e. The number of hydrogen-bond acceptors (Lipinski definition) is 2. The van der Waals surface area contributed by atoms with E-state index in [0.29, 0.717) is 12.6 Å². The molecule has 0 saturated carbocycles. The van der Waals surface area contributed by atoms with Crippen LogP contribution in [-0.4, -0.2) is 37.6 Å². The van der Waals surface area contributed by atoms with Gasteiger partial charge in [0, 0.05) is 13.7 Å². The van der Waals surface area contributed by atoms with Gasteiger partial charge in [-0.15, -0.1) is 0 Å². The summed E-state index contributed by atoms with van der Waals surface area (Å²) in [6.07, 6.45) is 1.83. The van der Waals surface area contributed by atoms with E-state index < -0.39 is 0 Å². The lowest BCUT2D eigenvalue weighted by molar-refractivity contribution is -0.118. The number of likely N-dealkylation sites (N-methyl/N-ethyl adjacent to an activating group) is 1. The summed E-state index contributed by atoms with van der Waals surface area (Å²) in [4.78, 5) is 11.8. The van der Waals surface area contributed by atoms with E-state index in [2.05, 4.69) is 0 Å². The lowest BCUT2D eigenvalue weighted by atomic mass is 10.2. The van der Waals surface area contributed by atoms with Crippen molar-refractivity contribution in [2.75, 3.05) is 20.3 Å². The molecule has 52 valence electrons. The van der Waals surface area contributed by atoms with E-state index in [1.807, 2.05) is 0 Å². The third-order valence-corrected chi connectivity index (χ3v) is 1.65. The van der Waals surface area contributed by atoms with Gasteiger partial charge in [-0.3, -0.25) is 4.79 Å². The molecule has 1 rings (SSSR count). The van der Waals surface area contributed by atoms with Crippen LogP contribution in [-0.2, 0) is 9.53 Å². The number of carbonyl (C=O) groups is 1. The van der Waals surface area contributed by atoms with Crippen molar-refractivity contribution in [3.05, 3.63) is 0 Å². The van der Waals surface area contributed by atoms with Crippen LogP contribution in [0.1, 0.15) is 6.42 Å². The third kappa shape index (κ3) is 1.42. The zero-order chi connectivity index (χ0) is 6.69. The summed E-state index contributed by atoms with van der Waals surface area (Å²) in [5, 5.41) is 0. The molecule has 3 heteroatoms. The Labute approximate surface area is 54.6 Å². The standard InChI is InChI=1S/C6H11NO2/c1-7(5-8)6-2-3-9-4-6/h5-6H,2-4H2,1H3. The molecule has 1 amide bonds. The summed E-state index contributed by atoms with van der Waals surface area (Å²) in [5.74, 6) is 0. The van der Waals surface area contributed by atoms with Crippen LogP contribution in [0.2, 0.25) is 0 Å². The molecule has 0 aromatic rings. The maximum Gasteiger partial charge on any atom is 0.209 e. The fourth-order valence-corrected chi connectivity index (χ4v) is 0.929. The molecule has 1 heterocycles. The Balaban J connectivity index is 2.32. The predicted molar refractivity (Wildman–Crippen MR) is 33.1 cm³/mol. The Morgan fingerprint density at radius 1 is 1.78 bits per heavy atom. The van der Waals surface area contributed by atoms with Crippen molar-refractivity contribution in [3.8, 4) is 0 Å². The summed E-state index contributed by atoms with van der Waals surface area (Å²) < 4.78 is 5.08. The van der Waals surface area contributed by atoms with Gasteiger partial charge in [0.25, 0.3) is 0 Å². The van der Waals surface area contributed by atoms with Crippen molar-refractivity contribution in [2.24, 2.45) is 0 Å². The first-order valence-corrected chi connectivity index (χ1v) is 3.09. The average Bonchev–Trinajstić information content (AvgIpc) is 2.37. The molecule has 1 saturated heterocycles. The molecule has 0 radical (unpaired) electrons. The van der Waals surface area contributed by atoms with Gasteiger partial charge in [-0.1, -0.05) is 0 Å². The number of ether oxygens (including phenoxy) is 1. The maximum absolute atomic E-state index is 10.2. The van der Waals surface area contributed by atoms with Gasteiger partial charge in [0.1, 0.15) is 0 Å². The first-order chi connectivity index (χ1) is 4.34. The second kappa shape index (κ2) is 2.82. The summed E-state index contributed by atoms with van der Waals surface area (Å²) in [6.45, 7) is 1.50. The van der Waals surface area contributed by atoms with E-state index in [4.69, 9.17) is 4.74 Å². The first-order valence-electron chi connectivity index (χ1n) is 3.09. The molecular weight excluding hydrogens is 118 g/mol. The lowest BCUT2D eigenvalue weighted by Crippen LogP contribution is -2.30. The quantitative estimate of drug-likeness (QED) is 0.486. The van der Waals surface area contributed by atoms with Gasteiger partial charge in [0.15, 0.2) is 0 Å². The smallest absolute Gasteiger partial charge is 0.209 e. The Kier molecular flexibility index (Phi) is 2.05. The number of hydrogen-bond donors (Lipinski definition) is 0. The molecule has 1 unspecified atom stereocenters. The van der Waals surface area contributed by atoms with Crippen LogP contribution in [0.3, 0.4) is 0 Å². The van der Waals surface area contributed by atoms with Gasteiger partial charge in [-0.25, -0.2) is 0 Å². The minimum absolute atomic E-state index is 0.322. The van der Waals surface area contributed by atoms with Gasteiger partial charge in [-0.2, -0.15) is 0 Å². The second-order valence-electron chi connectivity index (χ2n) is 2.29. The third-order valence-electron chi connectivity index (χ3n) is 1.65. The highest BCUT2D eigenvalue weighted by atomic mass is 16.5. The number of amides is 1. The topological polar surface area (TPSA) is 29.5 Å². The molecule has 0 aliphatic carbocycles. The van der Waals surface area contributed by atoms with Gasteiger partial charge < -0.3 is 9.64 Å². The molecule has 1 fully saturated rings. The maximum atomic E-state index is 10.2. The van der Waals surface area contributed by atoms with Crippen molar-refractivity contribution in [1.82, 2.24) is 4.90 Å². The molecule has 1 aliphatic heterocycles. The molecule has 0 spiro atoms. The monoisotopic (exact) mass is 129 g/mol. The van der Waals surface area contributed by atoms with E-state index in [1.165, 1.54) is 0 Å². The van der Waals surface area contributed by atoms with Crippen LogP contribution < -0.4 is 0 Å². The number of nitrogens with zero attached hydrogens (tertiary/aromatic N) is 1. The van der Waals surface area contributed by atoms with Crippen molar-refractivity contribution in [3.63, 3.8) is 0 Å². The summed E-state index contributed by atoms with van der Waals surface area (Å²) >= 11 is 0. The van der Waals surface area contributed by atoms with Crippen molar-refractivity contribution < 1.29 is 9.53 Å². The summed E-state index contributed by atoms with van der Waals surface area (Å²) in [7, 11) is 1.78. The normalized spacial score (nSPS) is 26.1. The zero-order valence-electron chi connectivity index (χ0n) is 5.54. The average molecular weight is 129 g/mol. The molecule has 0 aromatic heterocycles. The van der Waals surface area contributed by atoms with Crippen LogP contribution in [0.25, 0.3) is 0 Å². The predicted octanol–water partition coefficient (Wildman–Crippen LogP) is -0.137. The van der Waals surface area contributed by atoms with Gasteiger partial charge >= 0.3 is 0 Å². The first kappa shape index (κ1) is 6.55. The zero-order valence-corrected chi connectivity index (χ0v) is 5.54. The van der Waals surface area contributed by atoms with Crippen LogP contribution in [0.4, 0.5) is 0 Å². The largest absolute Gasteiger partial charge is 0.379 e. The van der Waals surface area contributed by atoms with Gasteiger partial charge in [-0.05, 0) is 6.42 Å². The summed E-state index contributed by atoms with van der Waals surface area (Å²) in [6, 6.07) is 0.322. The van der Waals surface area contributed by atoms with Gasteiger partial charge in [0.05, 0.1) is 12.6 Å². The molecule has 0 bridgehead atoms. The van der Waals surface area contributed by atoms with Crippen molar-refractivity contribution in [1.29, 1.82) is 0 Å². The molecule has 3 nitrogen and oxygen atoms in total. The molecule has 1 aliphatic rings. The SMILES string of the molecule is CN(C=O)C1CCOC1. The molecular formula is C6H11NO2.